The number of esters is 1. The van der Waals surface area contributed by atoms with Crippen LogP contribution in [0.1, 0.15) is 27.0 Å². The highest BCUT2D eigenvalue weighted by Crippen LogP contribution is 2.58. The smallest absolute Gasteiger partial charge is 0.340 e. The molecule has 4 aromatic rings. The van der Waals surface area contributed by atoms with Crippen LogP contribution in [0.25, 0.3) is 10.8 Å². The Morgan fingerprint density at radius 3 is 2.54 bits per heavy atom. The SMILES string of the molecule is O=C1OC2(c3ccc(O)cc3Oc3ccc4ccccc4c32)c2ccccc21. The molecule has 4 aromatic carbocycles. The number of phenolic OH excluding ortho intramolecular Hbond substituents is 1. The van der Waals surface area contributed by atoms with Crippen molar-refractivity contribution in [3.63, 3.8) is 0 Å². The van der Waals surface area contributed by atoms with Crippen molar-refractivity contribution >= 4 is 16.7 Å². The average Bonchev–Trinajstić information content (AvgIpc) is 3.01. The van der Waals surface area contributed by atoms with Crippen LogP contribution >= 0.6 is 0 Å². The Hall–Kier alpha value is -3.79. The molecule has 0 amide bonds. The zero-order valence-corrected chi connectivity index (χ0v) is 14.7. The van der Waals surface area contributed by atoms with E-state index in [-0.39, 0.29) is 11.7 Å². The fourth-order valence-corrected chi connectivity index (χ4v) is 4.44. The summed E-state index contributed by atoms with van der Waals surface area (Å²) in [5, 5.41) is 12.0. The van der Waals surface area contributed by atoms with Gasteiger partial charge >= 0.3 is 5.97 Å². The maximum absolute atomic E-state index is 12.8. The predicted molar refractivity (Wildman–Crippen MR) is 104 cm³/mol. The van der Waals surface area contributed by atoms with Crippen LogP contribution in [-0.2, 0) is 10.3 Å². The monoisotopic (exact) mass is 366 g/mol. The summed E-state index contributed by atoms with van der Waals surface area (Å²) in [4.78, 5) is 12.8. The number of rotatable bonds is 0. The van der Waals surface area contributed by atoms with E-state index in [4.69, 9.17) is 9.47 Å². The van der Waals surface area contributed by atoms with Crippen molar-refractivity contribution in [1.29, 1.82) is 0 Å². The third kappa shape index (κ3) is 1.77. The van der Waals surface area contributed by atoms with Gasteiger partial charge in [0.25, 0.3) is 0 Å². The maximum atomic E-state index is 12.8. The lowest BCUT2D eigenvalue weighted by molar-refractivity contribution is 0.0229. The van der Waals surface area contributed by atoms with Crippen molar-refractivity contribution in [3.05, 3.63) is 101 Å². The van der Waals surface area contributed by atoms with Gasteiger partial charge in [-0.05, 0) is 35.0 Å². The summed E-state index contributed by atoms with van der Waals surface area (Å²) in [5.41, 5.74) is 1.72. The van der Waals surface area contributed by atoms with Crippen LogP contribution in [0.5, 0.6) is 17.2 Å². The molecule has 1 spiro atoms. The summed E-state index contributed by atoms with van der Waals surface area (Å²) in [7, 11) is 0. The van der Waals surface area contributed by atoms with E-state index in [1.807, 2.05) is 54.6 Å². The molecule has 4 nitrogen and oxygen atoms in total. The van der Waals surface area contributed by atoms with Crippen molar-refractivity contribution in [2.24, 2.45) is 0 Å². The van der Waals surface area contributed by atoms with E-state index in [2.05, 4.69) is 0 Å². The molecule has 2 heterocycles. The molecule has 0 fully saturated rings. The van der Waals surface area contributed by atoms with Crippen molar-refractivity contribution in [2.75, 3.05) is 0 Å². The quantitative estimate of drug-likeness (QED) is 0.439. The molecule has 0 saturated carbocycles. The molecular weight excluding hydrogens is 352 g/mol. The van der Waals surface area contributed by atoms with Gasteiger partial charge in [-0.3, -0.25) is 0 Å². The lowest BCUT2D eigenvalue weighted by atomic mass is 9.76. The van der Waals surface area contributed by atoms with Gasteiger partial charge in [-0.15, -0.1) is 0 Å². The van der Waals surface area contributed by atoms with Crippen LogP contribution in [0.15, 0.2) is 78.9 Å². The minimum absolute atomic E-state index is 0.0933. The van der Waals surface area contributed by atoms with E-state index in [9.17, 15) is 9.90 Å². The molecule has 2 aliphatic rings. The summed E-state index contributed by atoms with van der Waals surface area (Å²) >= 11 is 0. The fraction of sp³-hybridized carbons (Fsp3) is 0.0417. The first kappa shape index (κ1) is 15.3. The van der Waals surface area contributed by atoms with Gasteiger partial charge in [0.2, 0.25) is 0 Å². The topological polar surface area (TPSA) is 55.8 Å². The van der Waals surface area contributed by atoms with Gasteiger partial charge in [0.15, 0.2) is 5.60 Å². The van der Waals surface area contributed by atoms with Crippen molar-refractivity contribution in [1.82, 2.24) is 0 Å². The van der Waals surface area contributed by atoms with Gasteiger partial charge in [0, 0.05) is 17.2 Å². The van der Waals surface area contributed by atoms with Gasteiger partial charge in [-0.1, -0.05) is 48.5 Å². The van der Waals surface area contributed by atoms with Crippen LogP contribution in [0, 0.1) is 0 Å². The number of fused-ring (bicyclic) bond motifs is 8. The minimum Gasteiger partial charge on any atom is -0.508 e. The van der Waals surface area contributed by atoms with E-state index in [0.717, 1.165) is 21.9 Å². The highest BCUT2D eigenvalue weighted by atomic mass is 16.6. The number of carbonyl (C=O) groups is 1. The molecule has 0 aromatic heterocycles. The largest absolute Gasteiger partial charge is 0.508 e. The average molecular weight is 366 g/mol. The summed E-state index contributed by atoms with van der Waals surface area (Å²) in [6, 6.07) is 24.2. The molecule has 0 saturated heterocycles. The van der Waals surface area contributed by atoms with Gasteiger partial charge in [-0.25, -0.2) is 4.79 Å². The molecule has 134 valence electrons. The Labute approximate surface area is 160 Å². The Morgan fingerprint density at radius 1 is 0.786 bits per heavy atom. The van der Waals surface area contributed by atoms with E-state index in [0.29, 0.717) is 22.6 Å². The van der Waals surface area contributed by atoms with Crippen LogP contribution in [0.2, 0.25) is 0 Å². The number of ether oxygens (including phenoxy) is 2. The Kier molecular flexibility index (Phi) is 2.80. The van der Waals surface area contributed by atoms with Gasteiger partial charge < -0.3 is 14.6 Å². The molecular formula is C24H14O4. The van der Waals surface area contributed by atoms with E-state index in [1.165, 1.54) is 0 Å². The third-order valence-electron chi connectivity index (χ3n) is 5.58. The number of carbonyl (C=O) groups excluding carboxylic acids is 1. The van der Waals surface area contributed by atoms with Gasteiger partial charge in [0.1, 0.15) is 17.2 Å². The van der Waals surface area contributed by atoms with E-state index in [1.54, 1.807) is 24.3 Å². The Balaban J connectivity index is 1.82. The highest BCUT2D eigenvalue weighted by Gasteiger charge is 2.54. The zero-order valence-electron chi connectivity index (χ0n) is 14.7. The normalized spacial score (nSPS) is 18.9. The number of aromatic hydroxyl groups is 1. The maximum Gasteiger partial charge on any atom is 0.340 e. The summed E-state index contributed by atoms with van der Waals surface area (Å²) < 4.78 is 12.3. The van der Waals surface area contributed by atoms with Gasteiger partial charge in [-0.2, -0.15) is 0 Å². The summed E-state index contributed by atoms with van der Waals surface area (Å²) in [5.74, 6) is 0.819. The van der Waals surface area contributed by atoms with Crippen LogP contribution in [0.4, 0.5) is 0 Å². The van der Waals surface area contributed by atoms with Crippen molar-refractivity contribution in [2.45, 2.75) is 5.60 Å². The Bertz CT molecular complexity index is 1310. The fourth-order valence-electron chi connectivity index (χ4n) is 4.44. The van der Waals surface area contributed by atoms with Crippen molar-refractivity contribution < 1.29 is 19.4 Å². The van der Waals surface area contributed by atoms with Crippen LogP contribution in [-0.4, -0.2) is 11.1 Å². The molecule has 6 rings (SSSR count). The van der Waals surface area contributed by atoms with Crippen molar-refractivity contribution in [3.8, 4) is 17.2 Å². The first-order chi connectivity index (χ1) is 13.7. The number of hydrogen-bond acceptors (Lipinski definition) is 4. The Morgan fingerprint density at radius 2 is 1.61 bits per heavy atom. The second-order valence-electron chi connectivity index (χ2n) is 7.06. The molecule has 0 bridgehead atoms. The second kappa shape index (κ2) is 5.14. The molecule has 28 heavy (non-hydrogen) atoms. The predicted octanol–water partition coefficient (Wildman–Crippen LogP) is 5.11. The molecule has 1 N–H and O–H groups in total. The van der Waals surface area contributed by atoms with E-state index >= 15 is 0 Å². The van der Waals surface area contributed by atoms with Crippen LogP contribution in [0.3, 0.4) is 0 Å². The number of phenols is 1. The molecule has 4 heteroatoms. The second-order valence-corrected chi connectivity index (χ2v) is 7.06. The van der Waals surface area contributed by atoms with Crippen LogP contribution < -0.4 is 4.74 Å². The zero-order chi connectivity index (χ0) is 18.9. The molecule has 1 unspecified atom stereocenters. The first-order valence-corrected chi connectivity index (χ1v) is 9.05. The number of hydrogen-bond donors (Lipinski definition) is 1. The molecule has 2 aliphatic heterocycles. The molecule has 0 radical (unpaired) electrons. The lowest BCUT2D eigenvalue weighted by Gasteiger charge is -2.37. The van der Waals surface area contributed by atoms with Gasteiger partial charge in [0.05, 0.1) is 11.1 Å². The molecule has 1 atom stereocenters. The lowest BCUT2D eigenvalue weighted by Crippen LogP contribution is -2.33. The summed E-state index contributed by atoms with van der Waals surface area (Å²) in [6.45, 7) is 0. The molecule has 0 aliphatic carbocycles. The summed E-state index contributed by atoms with van der Waals surface area (Å²) in [6.07, 6.45) is 0. The number of benzene rings is 4. The first-order valence-electron chi connectivity index (χ1n) is 9.05. The highest BCUT2D eigenvalue weighted by molar-refractivity contribution is 5.99. The third-order valence-corrected chi connectivity index (χ3v) is 5.58. The van der Waals surface area contributed by atoms with E-state index < -0.39 is 5.60 Å². The standard InChI is InChI=1S/C24H14O4/c25-15-10-11-19-21(13-15)27-20-12-9-14-5-1-2-6-16(14)22(20)24(19)18-8-4-3-7-17(18)23(26)28-24/h1-13,25H. The minimum atomic E-state index is -1.12.